The van der Waals surface area contributed by atoms with Crippen LogP contribution in [0.1, 0.15) is 5.56 Å². The number of para-hydroxylation sites is 3. The van der Waals surface area contributed by atoms with Crippen LogP contribution in [0.25, 0.3) is 44.5 Å². The molecule has 0 heterocycles. The predicted octanol–water partition coefficient (Wildman–Crippen LogP) is 13.9. The fourth-order valence-electron chi connectivity index (χ4n) is 7.45. The van der Waals surface area contributed by atoms with E-state index in [-0.39, 0.29) is 6.61 Å². The summed E-state index contributed by atoms with van der Waals surface area (Å²) in [6.07, 6.45) is 0. The molecule has 1 unspecified atom stereocenters. The van der Waals surface area contributed by atoms with Gasteiger partial charge in [0, 0.05) is 0 Å². The minimum atomic E-state index is -4.39. The standard InChI is InChI=1S/C55H44O5P2/c56-62(55-40-22-17-35-50(55)45-29-11-4-12-30-45,60-53-38-20-15-33-48(53)43-25-7-2-8-26-43)59-51-36-18-13-31-46(51)41-57-61(54-39-21-16-34-49(54)44-27-9-3-10-28-44)58-52-37-19-14-32-47(52)42-23-5-1-6-24-42/h1-40,56,62H,41H2. The van der Waals surface area contributed by atoms with Crippen molar-refractivity contribution in [2.24, 2.45) is 0 Å². The SMILES string of the molecule is O[PH](Oc1ccccc1COP(Oc1ccccc1-c1ccccc1)c1ccccc1-c1ccccc1)(Oc1ccccc1-c1ccccc1)c1ccccc1-c1ccccc1. The molecule has 0 radical (unpaired) electrons. The maximum absolute atomic E-state index is 13.2. The van der Waals surface area contributed by atoms with E-state index in [0.717, 1.165) is 55.4 Å². The Morgan fingerprint density at radius 2 is 0.742 bits per heavy atom. The molecule has 0 amide bonds. The molecule has 62 heavy (non-hydrogen) atoms. The Labute approximate surface area is 365 Å². The average Bonchev–Trinajstić information content (AvgIpc) is 3.34. The van der Waals surface area contributed by atoms with Crippen LogP contribution in [0.4, 0.5) is 0 Å². The summed E-state index contributed by atoms with van der Waals surface area (Å²) in [5.41, 5.74) is 8.36. The molecule has 5 nitrogen and oxygen atoms in total. The summed E-state index contributed by atoms with van der Waals surface area (Å²) >= 11 is 0. The van der Waals surface area contributed by atoms with Gasteiger partial charge in [0.15, 0.2) is 0 Å². The number of hydrogen-bond acceptors (Lipinski definition) is 5. The summed E-state index contributed by atoms with van der Waals surface area (Å²) in [4.78, 5) is 13.2. The van der Waals surface area contributed by atoms with Gasteiger partial charge in [-0.2, -0.15) is 0 Å². The van der Waals surface area contributed by atoms with Crippen LogP contribution in [-0.4, -0.2) is 4.89 Å². The van der Waals surface area contributed by atoms with E-state index >= 15 is 0 Å². The fourth-order valence-corrected chi connectivity index (χ4v) is 11.1. The summed E-state index contributed by atoms with van der Waals surface area (Å²) < 4.78 is 27.9. The molecule has 304 valence electrons. The van der Waals surface area contributed by atoms with Gasteiger partial charge in [0.05, 0.1) is 0 Å². The van der Waals surface area contributed by atoms with Gasteiger partial charge in [-0.15, -0.1) is 0 Å². The van der Waals surface area contributed by atoms with Crippen LogP contribution < -0.4 is 24.2 Å². The van der Waals surface area contributed by atoms with Crippen LogP contribution in [0.2, 0.25) is 0 Å². The second-order valence-corrected chi connectivity index (χ2v) is 18.1. The second kappa shape index (κ2) is 19.3. The summed E-state index contributed by atoms with van der Waals surface area (Å²) in [7, 11) is -6.13. The van der Waals surface area contributed by atoms with Crippen molar-refractivity contribution in [2.75, 3.05) is 0 Å². The van der Waals surface area contributed by atoms with E-state index in [2.05, 4.69) is 42.5 Å². The predicted molar refractivity (Wildman–Crippen MR) is 257 cm³/mol. The fraction of sp³-hybridized carbons (Fsp3) is 0.0182. The zero-order valence-electron chi connectivity index (χ0n) is 33.8. The third-order valence-electron chi connectivity index (χ3n) is 10.5. The Morgan fingerprint density at radius 3 is 1.34 bits per heavy atom. The van der Waals surface area contributed by atoms with E-state index in [1.807, 2.05) is 200 Å². The van der Waals surface area contributed by atoms with Crippen molar-refractivity contribution in [2.45, 2.75) is 6.61 Å². The van der Waals surface area contributed by atoms with Crippen molar-refractivity contribution in [1.29, 1.82) is 0 Å². The van der Waals surface area contributed by atoms with Crippen LogP contribution in [0.15, 0.2) is 243 Å². The quantitative estimate of drug-likeness (QED) is 0.104. The van der Waals surface area contributed by atoms with E-state index < -0.39 is 16.3 Å². The van der Waals surface area contributed by atoms with Gasteiger partial charge in [-0.05, 0) is 0 Å². The molecule has 0 aliphatic heterocycles. The molecule has 0 saturated heterocycles. The van der Waals surface area contributed by atoms with Crippen molar-refractivity contribution in [1.82, 2.24) is 0 Å². The van der Waals surface area contributed by atoms with Crippen molar-refractivity contribution in [3.05, 3.63) is 248 Å². The van der Waals surface area contributed by atoms with Crippen LogP contribution in [0, 0.1) is 0 Å². The third-order valence-corrected chi connectivity index (χ3v) is 14.1. The normalized spacial score (nSPS) is 12.0. The number of hydrogen-bond donors (Lipinski definition) is 1. The average molecular weight is 847 g/mol. The molecule has 9 aromatic carbocycles. The van der Waals surface area contributed by atoms with Crippen LogP contribution in [0.5, 0.6) is 17.2 Å². The first-order valence-corrected chi connectivity index (χ1v) is 23.4. The molecule has 9 aromatic rings. The molecule has 0 spiro atoms. The summed E-state index contributed by atoms with van der Waals surface area (Å²) in [5.74, 6) is 1.66. The summed E-state index contributed by atoms with van der Waals surface area (Å²) in [5, 5.41) is 1.50. The zero-order valence-corrected chi connectivity index (χ0v) is 35.7. The molecular weight excluding hydrogens is 803 g/mol. The summed E-state index contributed by atoms with van der Waals surface area (Å²) in [6.45, 7) is 0.115. The van der Waals surface area contributed by atoms with Crippen LogP contribution >= 0.6 is 16.3 Å². The van der Waals surface area contributed by atoms with Gasteiger partial charge in [-0.25, -0.2) is 0 Å². The Balaban J connectivity index is 1.11. The molecule has 0 bridgehead atoms. The monoisotopic (exact) mass is 846 g/mol. The van der Waals surface area contributed by atoms with Crippen molar-refractivity contribution < 1.29 is 23.0 Å². The van der Waals surface area contributed by atoms with E-state index in [9.17, 15) is 4.89 Å². The molecule has 7 heteroatoms. The van der Waals surface area contributed by atoms with Crippen molar-refractivity contribution in [3.8, 4) is 61.8 Å². The van der Waals surface area contributed by atoms with E-state index in [4.69, 9.17) is 18.1 Å². The van der Waals surface area contributed by atoms with Crippen LogP contribution in [0.3, 0.4) is 0 Å². The van der Waals surface area contributed by atoms with E-state index in [1.165, 1.54) is 0 Å². The van der Waals surface area contributed by atoms with Crippen LogP contribution in [-0.2, 0) is 11.1 Å². The topological polar surface area (TPSA) is 57.2 Å². The van der Waals surface area contributed by atoms with E-state index in [0.29, 0.717) is 22.6 Å². The molecule has 0 aliphatic carbocycles. The zero-order chi connectivity index (χ0) is 42.0. The second-order valence-electron chi connectivity index (χ2n) is 14.5. The van der Waals surface area contributed by atoms with Gasteiger partial charge >= 0.3 is 360 Å². The van der Waals surface area contributed by atoms with Gasteiger partial charge in [0.2, 0.25) is 0 Å². The van der Waals surface area contributed by atoms with Crippen molar-refractivity contribution >= 4 is 26.9 Å². The Bertz CT molecular complexity index is 2860. The molecule has 1 N–H and O–H groups in total. The first kappa shape index (κ1) is 40.6. The van der Waals surface area contributed by atoms with E-state index in [1.54, 1.807) is 0 Å². The first-order chi connectivity index (χ1) is 30.6. The van der Waals surface area contributed by atoms with Gasteiger partial charge < -0.3 is 0 Å². The van der Waals surface area contributed by atoms with Gasteiger partial charge in [0.1, 0.15) is 0 Å². The molecule has 0 aromatic heterocycles. The number of rotatable bonds is 15. The summed E-state index contributed by atoms with van der Waals surface area (Å²) in [6, 6.07) is 80.0. The minimum absolute atomic E-state index is 0.115. The Hall–Kier alpha value is -6.84. The molecular formula is C55H44O5P2. The first-order valence-electron chi connectivity index (χ1n) is 20.5. The number of benzene rings is 9. The van der Waals surface area contributed by atoms with Gasteiger partial charge in [0.25, 0.3) is 0 Å². The Kier molecular flexibility index (Phi) is 12.6. The third kappa shape index (κ3) is 9.23. The molecule has 0 aliphatic rings. The van der Waals surface area contributed by atoms with Gasteiger partial charge in [-0.3, -0.25) is 0 Å². The molecule has 1 atom stereocenters. The van der Waals surface area contributed by atoms with Gasteiger partial charge in [-0.1, -0.05) is 6.07 Å². The maximum atomic E-state index is 13.2. The Morgan fingerprint density at radius 1 is 0.355 bits per heavy atom. The molecule has 0 fully saturated rings. The molecule has 0 saturated carbocycles. The van der Waals surface area contributed by atoms with Crippen molar-refractivity contribution in [3.63, 3.8) is 0 Å². The molecule has 9 rings (SSSR count).